The second-order valence-electron chi connectivity index (χ2n) is 5.91. The van der Waals surface area contributed by atoms with Crippen LogP contribution in [0.2, 0.25) is 0 Å². The zero-order chi connectivity index (χ0) is 17.6. The molecule has 3 N–H and O–H groups in total. The number of hydrogen-bond acceptors (Lipinski definition) is 2. The van der Waals surface area contributed by atoms with E-state index in [0.29, 0.717) is 28.0 Å². The first-order chi connectivity index (χ1) is 12.0. The Labute approximate surface area is 141 Å². The van der Waals surface area contributed by atoms with Crippen molar-refractivity contribution in [1.29, 1.82) is 0 Å². The zero-order valence-corrected chi connectivity index (χ0v) is 13.3. The van der Waals surface area contributed by atoms with E-state index in [0.717, 1.165) is 10.9 Å². The highest BCUT2D eigenvalue weighted by atomic mass is 19.1. The van der Waals surface area contributed by atoms with Gasteiger partial charge >= 0.3 is 0 Å². The molecule has 0 aliphatic carbocycles. The highest BCUT2D eigenvalue weighted by Gasteiger charge is 2.11. The summed E-state index contributed by atoms with van der Waals surface area (Å²) in [5, 5.41) is 4.27. The molecule has 0 fully saturated rings. The third-order valence-corrected chi connectivity index (χ3v) is 4.09. The summed E-state index contributed by atoms with van der Waals surface area (Å²) in [6.07, 6.45) is 0. The molecule has 0 spiro atoms. The summed E-state index contributed by atoms with van der Waals surface area (Å²) in [6, 6.07) is 13.0. The van der Waals surface area contributed by atoms with E-state index in [1.165, 1.54) is 19.1 Å². The molecule has 1 amide bonds. The summed E-state index contributed by atoms with van der Waals surface area (Å²) in [5.74, 6) is -0.719. The lowest BCUT2D eigenvalue weighted by atomic mass is 10.2. The van der Waals surface area contributed by atoms with Gasteiger partial charge in [-0.25, -0.2) is 4.39 Å². The summed E-state index contributed by atoms with van der Waals surface area (Å²) in [5.41, 5.74) is 3.00. The maximum absolute atomic E-state index is 13.3. The molecule has 0 aliphatic rings. The lowest BCUT2D eigenvalue weighted by Crippen LogP contribution is -2.11. The molecule has 4 rings (SSSR count). The van der Waals surface area contributed by atoms with Gasteiger partial charge in [0.2, 0.25) is 0 Å². The largest absolute Gasteiger partial charge is 0.352 e. The van der Waals surface area contributed by atoms with Gasteiger partial charge in [-0.15, -0.1) is 0 Å². The number of nitrogens with one attached hydrogen (secondary N) is 3. The minimum Gasteiger partial charge on any atom is -0.352 e. The molecule has 124 valence electrons. The Kier molecular flexibility index (Phi) is 3.39. The molecule has 5 nitrogen and oxygen atoms in total. The van der Waals surface area contributed by atoms with Gasteiger partial charge in [0, 0.05) is 34.4 Å². The molecular weight excluding hydrogens is 321 g/mol. The first-order valence-corrected chi connectivity index (χ1v) is 7.73. The van der Waals surface area contributed by atoms with Gasteiger partial charge in [-0.05, 0) is 48.5 Å². The highest BCUT2D eigenvalue weighted by molar-refractivity contribution is 6.07. The number of halogens is 1. The van der Waals surface area contributed by atoms with Crippen molar-refractivity contribution in [2.45, 2.75) is 6.92 Å². The molecule has 0 saturated carbocycles. The Bertz CT molecular complexity index is 1140. The van der Waals surface area contributed by atoms with Gasteiger partial charge in [-0.3, -0.25) is 9.59 Å². The van der Waals surface area contributed by atoms with Crippen molar-refractivity contribution in [3.63, 3.8) is 0 Å². The number of benzene rings is 2. The fourth-order valence-electron chi connectivity index (χ4n) is 2.82. The number of anilines is 1. The van der Waals surface area contributed by atoms with Crippen LogP contribution in [0, 0.1) is 5.82 Å². The number of rotatable bonds is 3. The monoisotopic (exact) mass is 335 g/mol. The summed E-state index contributed by atoms with van der Waals surface area (Å²) >= 11 is 0. The van der Waals surface area contributed by atoms with Gasteiger partial charge in [0.1, 0.15) is 11.5 Å². The maximum atomic E-state index is 13.3. The van der Waals surface area contributed by atoms with E-state index in [-0.39, 0.29) is 17.5 Å². The second-order valence-corrected chi connectivity index (χ2v) is 5.91. The molecule has 6 heteroatoms. The molecule has 25 heavy (non-hydrogen) atoms. The van der Waals surface area contributed by atoms with Crippen LogP contribution in [0.1, 0.15) is 27.9 Å². The van der Waals surface area contributed by atoms with Gasteiger partial charge in [-0.1, -0.05) is 0 Å². The SMILES string of the molecule is CC(=O)c1cc2cc(NC(=O)c3cc4cc(F)ccc4[nH]3)ccc2[nH]1. The summed E-state index contributed by atoms with van der Waals surface area (Å²) in [7, 11) is 0. The fourth-order valence-corrected chi connectivity index (χ4v) is 2.82. The van der Waals surface area contributed by atoms with Crippen molar-refractivity contribution in [3.05, 3.63) is 65.7 Å². The van der Waals surface area contributed by atoms with Crippen LogP contribution in [0.25, 0.3) is 21.8 Å². The maximum Gasteiger partial charge on any atom is 0.272 e. The van der Waals surface area contributed by atoms with Crippen molar-refractivity contribution in [2.75, 3.05) is 5.32 Å². The second kappa shape index (κ2) is 5.59. The smallest absolute Gasteiger partial charge is 0.272 e. The zero-order valence-electron chi connectivity index (χ0n) is 13.3. The number of aromatic nitrogens is 2. The average molecular weight is 335 g/mol. The topological polar surface area (TPSA) is 77.8 Å². The van der Waals surface area contributed by atoms with E-state index in [1.54, 1.807) is 36.4 Å². The molecule has 0 saturated heterocycles. The number of carbonyl (C=O) groups is 2. The van der Waals surface area contributed by atoms with Crippen LogP contribution in [0.4, 0.5) is 10.1 Å². The Morgan fingerprint density at radius 3 is 2.28 bits per heavy atom. The van der Waals surface area contributed by atoms with E-state index in [4.69, 9.17) is 0 Å². The van der Waals surface area contributed by atoms with Gasteiger partial charge in [0.15, 0.2) is 5.78 Å². The lowest BCUT2D eigenvalue weighted by molar-refractivity contribution is 0.100. The molecule has 2 aromatic heterocycles. The van der Waals surface area contributed by atoms with Gasteiger partial charge in [0.25, 0.3) is 5.91 Å². The van der Waals surface area contributed by atoms with Crippen LogP contribution in [0.3, 0.4) is 0 Å². The number of carbonyl (C=O) groups excluding carboxylic acids is 2. The minimum atomic E-state index is -0.349. The molecule has 0 bridgehead atoms. The molecule has 0 unspecified atom stereocenters. The molecule has 0 radical (unpaired) electrons. The van der Waals surface area contributed by atoms with Gasteiger partial charge in [-0.2, -0.15) is 0 Å². The number of ketones is 1. The van der Waals surface area contributed by atoms with Crippen molar-refractivity contribution in [1.82, 2.24) is 9.97 Å². The quantitative estimate of drug-likeness (QED) is 0.490. The fraction of sp³-hybridized carbons (Fsp3) is 0.0526. The Hall–Kier alpha value is -3.41. The predicted octanol–water partition coefficient (Wildman–Crippen LogP) is 4.24. The van der Waals surface area contributed by atoms with Crippen LogP contribution in [-0.4, -0.2) is 21.7 Å². The van der Waals surface area contributed by atoms with Crippen molar-refractivity contribution in [2.24, 2.45) is 0 Å². The predicted molar refractivity (Wildman–Crippen MR) is 94.5 cm³/mol. The number of H-pyrrole nitrogens is 2. The summed E-state index contributed by atoms with van der Waals surface area (Å²) in [6.45, 7) is 1.49. The Morgan fingerprint density at radius 1 is 0.880 bits per heavy atom. The van der Waals surface area contributed by atoms with Crippen molar-refractivity contribution >= 4 is 39.2 Å². The normalized spacial score (nSPS) is 11.1. The molecule has 0 aliphatic heterocycles. The Balaban J connectivity index is 1.62. The lowest BCUT2D eigenvalue weighted by Gasteiger charge is -2.03. The van der Waals surface area contributed by atoms with Crippen molar-refractivity contribution < 1.29 is 14.0 Å². The average Bonchev–Trinajstić information content (AvgIpc) is 3.17. The minimum absolute atomic E-state index is 0.0490. The standard InChI is InChI=1S/C19H14FN3O2/c1-10(24)17-8-12-7-14(3-5-16(12)22-17)21-19(25)18-9-11-6-13(20)2-4-15(11)23-18/h2-9,22-23H,1H3,(H,21,25). The highest BCUT2D eigenvalue weighted by Crippen LogP contribution is 2.22. The van der Waals surface area contributed by atoms with Crippen LogP contribution in [0.5, 0.6) is 0 Å². The van der Waals surface area contributed by atoms with E-state index < -0.39 is 0 Å². The first kappa shape index (κ1) is 15.1. The van der Waals surface area contributed by atoms with Crippen LogP contribution >= 0.6 is 0 Å². The summed E-state index contributed by atoms with van der Waals surface area (Å²) < 4.78 is 13.3. The van der Waals surface area contributed by atoms with Crippen LogP contribution in [-0.2, 0) is 0 Å². The molecule has 0 atom stereocenters. The number of amides is 1. The van der Waals surface area contributed by atoms with Gasteiger partial charge in [0.05, 0.1) is 5.69 Å². The number of aromatic amines is 2. The molecule has 2 aromatic carbocycles. The Morgan fingerprint density at radius 2 is 1.52 bits per heavy atom. The van der Waals surface area contributed by atoms with E-state index in [1.807, 2.05) is 0 Å². The van der Waals surface area contributed by atoms with Crippen LogP contribution < -0.4 is 5.32 Å². The number of hydrogen-bond donors (Lipinski definition) is 3. The first-order valence-electron chi connectivity index (χ1n) is 7.73. The molecule has 2 heterocycles. The summed E-state index contributed by atoms with van der Waals surface area (Å²) in [4.78, 5) is 29.9. The molecular formula is C19H14FN3O2. The van der Waals surface area contributed by atoms with E-state index in [9.17, 15) is 14.0 Å². The van der Waals surface area contributed by atoms with Crippen molar-refractivity contribution in [3.8, 4) is 0 Å². The van der Waals surface area contributed by atoms with Crippen LogP contribution in [0.15, 0.2) is 48.5 Å². The number of fused-ring (bicyclic) bond motifs is 2. The number of Topliss-reactive ketones (excluding diaryl/α,β-unsaturated/α-hetero) is 1. The third kappa shape index (κ3) is 2.78. The van der Waals surface area contributed by atoms with E-state index >= 15 is 0 Å². The molecule has 4 aromatic rings. The van der Waals surface area contributed by atoms with E-state index in [2.05, 4.69) is 15.3 Å². The van der Waals surface area contributed by atoms with Gasteiger partial charge < -0.3 is 15.3 Å². The third-order valence-electron chi connectivity index (χ3n) is 4.09.